The summed E-state index contributed by atoms with van der Waals surface area (Å²) in [7, 11) is 0. The minimum atomic E-state index is -0.576. The summed E-state index contributed by atoms with van der Waals surface area (Å²) in [6.45, 7) is 10.2. The van der Waals surface area contributed by atoms with E-state index in [1.165, 1.54) is 0 Å². The van der Waals surface area contributed by atoms with Gasteiger partial charge in [-0.1, -0.05) is 0 Å². The zero-order chi connectivity index (χ0) is 15.1. The molecule has 20 heavy (non-hydrogen) atoms. The fourth-order valence-corrected chi connectivity index (χ4v) is 3.23. The number of carbonyl (C=O) groups excluding carboxylic acids is 1. The van der Waals surface area contributed by atoms with Crippen molar-refractivity contribution in [3.8, 4) is 0 Å². The number of likely N-dealkylation sites (tertiary alicyclic amines) is 1. The minimum absolute atomic E-state index is 0.111. The SMILES string of the molecule is Cc1nc(C2CN(C(=O)OC(C)(C)C)CC2O)sc1C. The van der Waals surface area contributed by atoms with Crippen LogP contribution in [0.15, 0.2) is 0 Å². The fraction of sp³-hybridized carbons (Fsp3) is 0.714. The first-order valence-electron chi connectivity index (χ1n) is 6.77. The van der Waals surface area contributed by atoms with Gasteiger partial charge in [-0.15, -0.1) is 11.3 Å². The topological polar surface area (TPSA) is 62.7 Å². The predicted molar refractivity (Wildman–Crippen MR) is 78.1 cm³/mol. The molecule has 1 fully saturated rings. The molecule has 0 saturated carbocycles. The molecule has 0 aromatic carbocycles. The molecule has 1 aliphatic rings. The molecule has 2 rings (SSSR count). The molecule has 1 saturated heterocycles. The van der Waals surface area contributed by atoms with Crippen molar-refractivity contribution in [3.63, 3.8) is 0 Å². The largest absolute Gasteiger partial charge is 0.444 e. The van der Waals surface area contributed by atoms with Gasteiger partial charge in [0.25, 0.3) is 0 Å². The molecule has 1 N–H and O–H groups in total. The maximum Gasteiger partial charge on any atom is 0.410 e. The Kier molecular flexibility index (Phi) is 4.07. The zero-order valence-electron chi connectivity index (χ0n) is 12.6. The average molecular weight is 298 g/mol. The number of nitrogens with zero attached hydrogens (tertiary/aromatic N) is 2. The smallest absolute Gasteiger partial charge is 0.410 e. The second-order valence-electron chi connectivity index (χ2n) is 6.25. The standard InChI is InChI=1S/C14H22N2O3S/c1-8-9(2)20-12(15-8)10-6-16(7-11(10)17)13(18)19-14(3,4)5/h10-11,17H,6-7H2,1-5H3. The number of aryl methyl sites for hydroxylation is 2. The number of aliphatic hydroxyl groups is 1. The van der Waals surface area contributed by atoms with Gasteiger partial charge in [0.15, 0.2) is 0 Å². The highest BCUT2D eigenvalue weighted by Gasteiger charge is 2.38. The summed E-state index contributed by atoms with van der Waals surface area (Å²) in [5, 5.41) is 11.1. The number of ether oxygens (including phenoxy) is 1. The van der Waals surface area contributed by atoms with Gasteiger partial charge in [0.2, 0.25) is 0 Å². The summed E-state index contributed by atoms with van der Waals surface area (Å²) < 4.78 is 5.34. The van der Waals surface area contributed by atoms with Gasteiger partial charge in [-0.3, -0.25) is 0 Å². The van der Waals surface area contributed by atoms with Crippen molar-refractivity contribution in [2.45, 2.75) is 52.2 Å². The van der Waals surface area contributed by atoms with Crippen LogP contribution in [0.1, 0.15) is 42.3 Å². The van der Waals surface area contributed by atoms with Gasteiger partial charge >= 0.3 is 6.09 Å². The molecular weight excluding hydrogens is 276 g/mol. The molecule has 1 aromatic heterocycles. The van der Waals surface area contributed by atoms with Gasteiger partial charge in [0.05, 0.1) is 24.3 Å². The molecule has 1 aliphatic heterocycles. The first-order chi connectivity index (χ1) is 9.17. The van der Waals surface area contributed by atoms with Crippen LogP contribution < -0.4 is 0 Å². The van der Waals surface area contributed by atoms with Crippen LogP contribution in [-0.2, 0) is 4.74 Å². The van der Waals surface area contributed by atoms with Crippen molar-refractivity contribution in [2.75, 3.05) is 13.1 Å². The summed E-state index contributed by atoms with van der Waals surface area (Å²) in [5.41, 5.74) is 0.474. The number of aliphatic hydroxyl groups excluding tert-OH is 1. The fourth-order valence-electron chi connectivity index (χ4n) is 2.16. The Labute approximate surface area is 123 Å². The molecule has 0 spiro atoms. The maximum absolute atomic E-state index is 12.0. The van der Waals surface area contributed by atoms with Crippen LogP contribution in [0, 0.1) is 13.8 Å². The first kappa shape index (κ1) is 15.3. The molecule has 5 nitrogen and oxygen atoms in total. The molecular formula is C14H22N2O3S. The van der Waals surface area contributed by atoms with E-state index >= 15 is 0 Å². The number of aromatic nitrogens is 1. The highest BCUT2D eigenvalue weighted by Crippen LogP contribution is 2.32. The molecule has 1 aromatic rings. The molecule has 1 amide bonds. The van der Waals surface area contributed by atoms with Gasteiger partial charge in [-0.25, -0.2) is 9.78 Å². The Bertz CT molecular complexity index is 488. The Morgan fingerprint density at radius 2 is 2.05 bits per heavy atom. The number of amides is 1. The molecule has 2 unspecified atom stereocenters. The molecule has 2 heterocycles. The predicted octanol–water partition coefficient (Wildman–Crippen LogP) is 2.46. The van der Waals surface area contributed by atoms with Crippen molar-refractivity contribution >= 4 is 17.4 Å². The summed E-state index contributed by atoms with van der Waals surface area (Å²) >= 11 is 1.59. The number of thiazole rings is 1. The van der Waals surface area contributed by atoms with Crippen molar-refractivity contribution in [2.24, 2.45) is 0 Å². The van der Waals surface area contributed by atoms with Crippen LogP contribution in [-0.4, -0.2) is 45.9 Å². The van der Waals surface area contributed by atoms with Crippen molar-refractivity contribution in [1.82, 2.24) is 9.88 Å². The van der Waals surface area contributed by atoms with E-state index < -0.39 is 11.7 Å². The highest BCUT2D eigenvalue weighted by atomic mass is 32.1. The van der Waals surface area contributed by atoms with Crippen LogP contribution in [0.4, 0.5) is 4.79 Å². The summed E-state index contributed by atoms with van der Waals surface area (Å²) in [6.07, 6.45) is -0.948. The lowest BCUT2D eigenvalue weighted by atomic mass is 10.1. The zero-order valence-corrected chi connectivity index (χ0v) is 13.5. The lowest BCUT2D eigenvalue weighted by Crippen LogP contribution is -2.35. The van der Waals surface area contributed by atoms with E-state index in [1.54, 1.807) is 16.2 Å². The molecule has 0 aliphatic carbocycles. The van der Waals surface area contributed by atoms with Gasteiger partial charge < -0.3 is 14.7 Å². The van der Waals surface area contributed by atoms with Crippen LogP contribution in [0.5, 0.6) is 0 Å². The van der Waals surface area contributed by atoms with Crippen LogP contribution in [0.2, 0.25) is 0 Å². The number of hydrogen-bond acceptors (Lipinski definition) is 5. The van der Waals surface area contributed by atoms with E-state index in [1.807, 2.05) is 34.6 Å². The lowest BCUT2D eigenvalue weighted by molar-refractivity contribution is 0.0270. The van der Waals surface area contributed by atoms with Crippen LogP contribution in [0.25, 0.3) is 0 Å². The normalized spacial score (nSPS) is 23.2. The third-order valence-corrected chi connectivity index (χ3v) is 4.51. The third-order valence-electron chi connectivity index (χ3n) is 3.30. The Balaban J connectivity index is 2.07. The van der Waals surface area contributed by atoms with E-state index in [0.717, 1.165) is 15.6 Å². The maximum atomic E-state index is 12.0. The average Bonchev–Trinajstić information content (AvgIpc) is 2.81. The number of hydrogen-bond donors (Lipinski definition) is 1. The van der Waals surface area contributed by atoms with Crippen LogP contribution in [0.3, 0.4) is 0 Å². The Hall–Kier alpha value is -1.14. The quantitative estimate of drug-likeness (QED) is 0.865. The summed E-state index contributed by atoms with van der Waals surface area (Å²) in [4.78, 5) is 19.2. The number of rotatable bonds is 1. The molecule has 112 valence electrons. The molecule has 6 heteroatoms. The second kappa shape index (κ2) is 5.33. The minimum Gasteiger partial charge on any atom is -0.444 e. The second-order valence-corrected chi connectivity index (χ2v) is 7.49. The molecule has 0 bridgehead atoms. The first-order valence-corrected chi connectivity index (χ1v) is 7.59. The van der Waals surface area contributed by atoms with Gasteiger partial charge in [-0.05, 0) is 34.6 Å². The van der Waals surface area contributed by atoms with E-state index in [-0.39, 0.29) is 12.0 Å². The van der Waals surface area contributed by atoms with Gasteiger partial charge in [0, 0.05) is 11.4 Å². The lowest BCUT2D eigenvalue weighted by Gasteiger charge is -2.24. The Morgan fingerprint density at radius 1 is 1.40 bits per heavy atom. The van der Waals surface area contributed by atoms with E-state index in [0.29, 0.717) is 13.1 Å². The van der Waals surface area contributed by atoms with Gasteiger partial charge in [0.1, 0.15) is 10.6 Å². The molecule has 2 atom stereocenters. The Morgan fingerprint density at radius 3 is 2.55 bits per heavy atom. The van der Waals surface area contributed by atoms with E-state index in [9.17, 15) is 9.90 Å². The van der Waals surface area contributed by atoms with Crippen molar-refractivity contribution in [1.29, 1.82) is 0 Å². The number of carbonyl (C=O) groups is 1. The summed E-state index contributed by atoms with van der Waals surface area (Å²) in [5.74, 6) is -0.111. The summed E-state index contributed by atoms with van der Waals surface area (Å²) in [6, 6.07) is 0. The van der Waals surface area contributed by atoms with Crippen molar-refractivity contribution in [3.05, 3.63) is 15.6 Å². The highest BCUT2D eigenvalue weighted by molar-refractivity contribution is 7.11. The number of β-amino-alcohol motifs (C(OH)–C–C–N with tert-alkyl or cyclic N) is 1. The van der Waals surface area contributed by atoms with Crippen LogP contribution >= 0.6 is 11.3 Å². The third kappa shape index (κ3) is 3.30. The van der Waals surface area contributed by atoms with Crippen molar-refractivity contribution < 1.29 is 14.6 Å². The molecule has 0 radical (unpaired) electrons. The van der Waals surface area contributed by atoms with Gasteiger partial charge in [-0.2, -0.15) is 0 Å². The monoisotopic (exact) mass is 298 g/mol. The van der Waals surface area contributed by atoms with E-state index in [2.05, 4.69) is 4.98 Å². The van der Waals surface area contributed by atoms with E-state index in [4.69, 9.17) is 4.74 Å².